The van der Waals surface area contributed by atoms with Gasteiger partial charge >= 0.3 is 6.03 Å². The van der Waals surface area contributed by atoms with Crippen LogP contribution in [0.2, 0.25) is 0 Å². The van der Waals surface area contributed by atoms with Gasteiger partial charge < -0.3 is 9.88 Å². The van der Waals surface area contributed by atoms with E-state index in [1.807, 2.05) is 37.5 Å². The normalized spacial score (nSPS) is 16.0. The van der Waals surface area contributed by atoms with E-state index in [9.17, 15) is 14.0 Å². The smallest absolute Gasteiger partial charge is 0.318 e. The topological polar surface area (TPSA) is 54.3 Å². The summed E-state index contributed by atoms with van der Waals surface area (Å²) >= 11 is 0. The summed E-state index contributed by atoms with van der Waals surface area (Å²) in [6.07, 6.45) is 2.38. The number of hydrogen-bond acceptors (Lipinski definition) is 2. The maximum absolute atomic E-state index is 13.5. The summed E-state index contributed by atoms with van der Waals surface area (Å²) < 4.78 is 15.5. The third-order valence-electron chi connectivity index (χ3n) is 4.25. The van der Waals surface area contributed by atoms with E-state index in [0.717, 1.165) is 17.0 Å². The largest absolute Gasteiger partial charge is 0.329 e. The van der Waals surface area contributed by atoms with Crippen molar-refractivity contribution in [2.45, 2.75) is 27.2 Å². The Balaban J connectivity index is 1.99. The Labute approximate surface area is 145 Å². The number of rotatable bonds is 4. The molecule has 0 aliphatic carbocycles. The zero-order valence-corrected chi connectivity index (χ0v) is 14.5. The maximum atomic E-state index is 13.5. The Morgan fingerprint density at radius 2 is 1.96 bits per heavy atom. The van der Waals surface area contributed by atoms with Gasteiger partial charge in [-0.2, -0.15) is 0 Å². The first kappa shape index (κ1) is 17.0. The Kier molecular flexibility index (Phi) is 4.44. The van der Waals surface area contributed by atoms with Crippen molar-refractivity contribution in [3.63, 3.8) is 0 Å². The summed E-state index contributed by atoms with van der Waals surface area (Å²) in [6, 6.07) is 7.86. The molecule has 0 atom stereocenters. The molecule has 2 heterocycles. The maximum Gasteiger partial charge on any atom is 0.329 e. The number of benzene rings is 1. The summed E-state index contributed by atoms with van der Waals surface area (Å²) in [5.74, 6) is -0.624. The molecule has 2 aromatic rings. The number of amides is 3. The molecule has 1 aliphatic rings. The van der Waals surface area contributed by atoms with Crippen LogP contribution in [0.5, 0.6) is 0 Å². The first-order valence-corrected chi connectivity index (χ1v) is 8.21. The van der Waals surface area contributed by atoms with Gasteiger partial charge in [-0.05, 0) is 56.2 Å². The minimum absolute atomic E-state index is 0.262. The molecule has 1 aliphatic heterocycles. The molecule has 1 N–H and O–H groups in total. The fourth-order valence-electron chi connectivity index (χ4n) is 3.10. The van der Waals surface area contributed by atoms with E-state index in [0.29, 0.717) is 18.7 Å². The third kappa shape index (κ3) is 3.07. The Morgan fingerprint density at radius 1 is 1.20 bits per heavy atom. The summed E-state index contributed by atoms with van der Waals surface area (Å²) in [5.41, 5.74) is 3.57. The predicted octanol–water partition coefficient (Wildman–Crippen LogP) is 3.54. The molecule has 1 saturated heterocycles. The molecule has 0 radical (unpaired) electrons. The van der Waals surface area contributed by atoms with Crippen LogP contribution in [0.1, 0.15) is 30.3 Å². The second-order valence-electron chi connectivity index (χ2n) is 6.09. The molecule has 0 unspecified atom stereocenters. The zero-order chi connectivity index (χ0) is 18.1. The first-order valence-electron chi connectivity index (χ1n) is 8.21. The lowest BCUT2D eigenvalue weighted by Gasteiger charge is -2.09. The highest BCUT2D eigenvalue weighted by atomic mass is 19.1. The van der Waals surface area contributed by atoms with Crippen molar-refractivity contribution in [3.05, 3.63) is 58.8 Å². The zero-order valence-electron chi connectivity index (χ0n) is 14.5. The van der Waals surface area contributed by atoms with Crippen molar-refractivity contribution in [2.75, 3.05) is 6.54 Å². The van der Waals surface area contributed by atoms with Gasteiger partial charge in [0.2, 0.25) is 0 Å². The van der Waals surface area contributed by atoms with Gasteiger partial charge in [0.15, 0.2) is 0 Å². The van der Waals surface area contributed by atoms with Gasteiger partial charge in [-0.25, -0.2) is 9.18 Å². The number of carbonyl (C=O) groups excluding carboxylic acids is 2. The number of imide groups is 1. The van der Waals surface area contributed by atoms with Crippen LogP contribution in [0, 0.1) is 19.7 Å². The molecular weight excluding hydrogens is 321 g/mol. The second-order valence-corrected chi connectivity index (χ2v) is 6.09. The van der Waals surface area contributed by atoms with Crippen molar-refractivity contribution in [1.29, 1.82) is 0 Å². The fourth-order valence-corrected chi connectivity index (χ4v) is 3.10. The average molecular weight is 341 g/mol. The molecule has 3 amide bonds. The van der Waals surface area contributed by atoms with Crippen LogP contribution < -0.4 is 5.32 Å². The quantitative estimate of drug-likeness (QED) is 0.683. The summed E-state index contributed by atoms with van der Waals surface area (Å²) in [4.78, 5) is 25.4. The van der Waals surface area contributed by atoms with Crippen LogP contribution in [0.25, 0.3) is 11.8 Å². The number of aryl methyl sites for hydroxylation is 1. The first-order chi connectivity index (χ1) is 11.9. The molecule has 0 bridgehead atoms. The highest BCUT2D eigenvalue weighted by molar-refractivity contribution is 6.14. The second kappa shape index (κ2) is 6.55. The van der Waals surface area contributed by atoms with E-state index in [-0.39, 0.29) is 17.4 Å². The number of aromatic nitrogens is 1. The minimum atomic E-state index is -0.392. The van der Waals surface area contributed by atoms with E-state index in [1.165, 1.54) is 17.0 Å². The lowest BCUT2D eigenvalue weighted by atomic mass is 10.2. The van der Waals surface area contributed by atoms with Gasteiger partial charge in [-0.3, -0.25) is 9.69 Å². The number of urea groups is 1. The van der Waals surface area contributed by atoms with E-state index in [4.69, 9.17) is 0 Å². The monoisotopic (exact) mass is 341 g/mol. The van der Waals surface area contributed by atoms with Crippen molar-refractivity contribution >= 4 is 18.0 Å². The van der Waals surface area contributed by atoms with Crippen molar-refractivity contribution in [1.82, 2.24) is 14.8 Å². The average Bonchev–Trinajstić information content (AvgIpc) is 2.98. The van der Waals surface area contributed by atoms with Crippen molar-refractivity contribution < 1.29 is 14.0 Å². The lowest BCUT2D eigenvalue weighted by molar-refractivity contribution is -0.122. The standard InChI is InChI=1S/C19H20FN3O2/c1-4-8-22-18(24)17(21-19(22)25)10-14-9-12(2)23(13(14)3)16-7-5-6-15(20)11-16/h5-7,9-11H,4,8H2,1-3H3,(H,21,25)/b17-10+. The lowest BCUT2D eigenvalue weighted by Crippen LogP contribution is -2.31. The highest BCUT2D eigenvalue weighted by Gasteiger charge is 2.32. The predicted molar refractivity (Wildman–Crippen MR) is 93.7 cm³/mol. The molecule has 0 saturated carbocycles. The molecule has 1 fully saturated rings. The SMILES string of the molecule is CCCN1C(=O)N/C(=C/c2cc(C)n(-c3cccc(F)c3)c2C)C1=O. The van der Waals surface area contributed by atoms with Crippen LogP contribution in [-0.2, 0) is 4.79 Å². The van der Waals surface area contributed by atoms with Gasteiger partial charge in [0.05, 0.1) is 0 Å². The van der Waals surface area contributed by atoms with Crippen LogP contribution in [0.4, 0.5) is 9.18 Å². The molecule has 1 aromatic carbocycles. The van der Waals surface area contributed by atoms with Gasteiger partial charge in [-0.15, -0.1) is 0 Å². The summed E-state index contributed by atoms with van der Waals surface area (Å²) in [7, 11) is 0. The van der Waals surface area contributed by atoms with E-state index in [2.05, 4.69) is 5.32 Å². The van der Waals surface area contributed by atoms with Crippen molar-refractivity contribution in [3.8, 4) is 5.69 Å². The number of nitrogens with zero attached hydrogens (tertiary/aromatic N) is 2. The van der Waals surface area contributed by atoms with Gasteiger partial charge in [0.1, 0.15) is 11.5 Å². The van der Waals surface area contributed by atoms with Crippen molar-refractivity contribution in [2.24, 2.45) is 0 Å². The fraction of sp³-hybridized carbons (Fsp3) is 0.263. The van der Waals surface area contributed by atoms with E-state index < -0.39 is 6.03 Å². The van der Waals surface area contributed by atoms with Crippen LogP contribution in [0.15, 0.2) is 36.0 Å². The number of nitrogens with one attached hydrogen (secondary N) is 1. The van der Waals surface area contributed by atoms with E-state index >= 15 is 0 Å². The van der Waals surface area contributed by atoms with E-state index in [1.54, 1.807) is 12.1 Å². The van der Waals surface area contributed by atoms with Gasteiger partial charge in [0.25, 0.3) is 5.91 Å². The number of hydrogen-bond donors (Lipinski definition) is 1. The molecule has 1 aromatic heterocycles. The summed E-state index contributed by atoms with van der Waals surface area (Å²) in [6.45, 7) is 6.12. The minimum Gasteiger partial charge on any atom is -0.318 e. The highest BCUT2D eigenvalue weighted by Crippen LogP contribution is 2.24. The Bertz CT molecular complexity index is 883. The van der Waals surface area contributed by atoms with Gasteiger partial charge in [-0.1, -0.05) is 13.0 Å². The molecule has 6 heteroatoms. The number of halogens is 1. The molecule has 0 spiro atoms. The summed E-state index contributed by atoms with van der Waals surface area (Å²) in [5, 5.41) is 2.62. The molecule has 130 valence electrons. The van der Waals surface area contributed by atoms with Crippen LogP contribution in [0.3, 0.4) is 0 Å². The third-order valence-corrected chi connectivity index (χ3v) is 4.25. The van der Waals surface area contributed by atoms with Crippen LogP contribution in [-0.4, -0.2) is 28.0 Å². The molecule has 3 rings (SSSR count). The Hall–Kier alpha value is -2.89. The van der Waals surface area contributed by atoms with Crippen LogP contribution >= 0.6 is 0 Å². The molecular formula is C19H20FN3O2. The van der Waals surface area contributed by atoms with Gasteiger partial charge in [0, 0.05) is 23.6 Å². The molecule has 5 nitrogen and oxygen atoms in total. The Morgan fingerprint density at radius 3 is 2.64 bits per heavy atom. The number of carbonyl (C=O) groups is 2. The molecule has 25 heavy (non-hydrogen) atoms.